The van der Waals surface area contributed by atoms with E-state index in [1.54, 1.807) is 0 Å². The van der Waals surface area contributed by atoms with Crippen LogP contribution >= 0.6 is 0 Å². The van der Waals surface area contributed by atoms with Crippen LogP contribution in [0.4, 0.5) is 0 Å². The molecule has 2 aromatic carbocycles. The van der Waals surface area contributed by atoms with Gasteiger partial charge in [-0.15, -0.1) is 0 Å². The Kier molecular flexibility index (Phi) is 2.67. The predicted octanol–water partition coefficient (Wildman–Crippen LogP) is 2.55. The molecule has 1 aliphatic carbocycles. The van der Waals surface area contributed by atoms with Crippen LogP contribution in [0, 0.1) is 0 Å². The molecule has 0 spiro atoms. The molecule has 3 nitrogen and oxygen atoms in total. The van der Waals surface area contributed by atoms with Gasteiger partial charge in [0.05, 0.1) is 0 Å². The highest BCUT2D eigenvalue weighted by molar-refractivity contribution is 7.91. The van der Waals surface area contributed by atoms with Crippen LogP contribution in [0.2, 0.25) is 0 Å². The van der Waals surface area contributed by atoms with E-state index in [9.17, 15) is 8.42 Å². The summed E-state index contributed by atoms with van der Waals surface area (Å²) in [7, 11) is -3.20. The molecule has 0 amide bonds. The van der Waals surface area contributed by atoms with Gasteiger partial charge in [-0.05, 0) is 17.2 Å². The number of benzene rings is 2. The Morgan fingerprint density at radius 1 is 1.00 bits per heavy atom. The van der Waals surface area contributed by atoms with Crippen LogP contribution in [-0.4, -0.2) is 26.0 Å². The quantitative estimate of drug-likeness (QED) is 0.813. The molecule has 0 radical (unpaired) electrons. The van der Waals surface area contributed by atoms with Gasteiger partial charge in [0.1, 0.15) is 17.1 Å². The number of ether oxygens (including phenoxy) is 1. The lowest BCUT2D eigenvalue weighted by Crippen LogP contribution is -2.49. The Bertz CT molecular complexity index is 761. The molecule has 1 heterocycles. The summed E-state index contributed by atoms with van der Waals surface area (Å²) < 4.78 is 30.7. The Morgan fingerprint density at radius 2 is 1.67 bits per heavy atom. The van der Waals surface area contributed by atoms with Gasteiger partial charge in [-0.1, -0.05) is 42.5 Å². The Labute approximate surface area is 124 Å². The number of para-hydroxylation sites is 1. The molecule has 0 unspecified atom stereocenters. The summed E-state index contributed by atoms with van der Waals surface area (Å²) in [5, 5.41) is -0.498. The van der Waals surface area contributed by atoms with Crippen molar-refractivity contribution in [2.45, 2.75) is 23.7 Å². The van der Waals surface area contributed by atoms with Gasteiger partial charge in [0.25, 0.3) is 0 Å². The third kappa shape index (κ3) is 1.89. The van der Waals surface area contributed by atoms with Gasteiger partial charge in [-0.2, -0.15) is 0 Å². The molecule has 108 valence electrons. The first-order valence-corrected chi connectivity index (χ1v) is 9.03. The fraction of sp³-hybridized carbons (Fsp3) is 0.294. The number of rotatable bonds is 1. The molecule has 0 aromatic heterocycles. The number of fused-ring (bicyclic) bond motifs is 6. The number of hydrogen-bond donors (Lipinski definition) is 0. The lowest BCUT2D eigenvalue weighted by molar-refractivity contribution is 0.159. The van der Waals surface area contributed by atoms with Crippen molar-refractivity contribution in [3.63, 3.8) is 0 Å². The maximum absolute atomic E-state index is 12.3. The van der Waals surface area contributed by atoms with Crippen molar-refractivity contribution < 1.29 is 13.2 Å². The van der Waals surface area contributed by atoms with Gasteiger partial charge in [0, 0.05) is 24.2 Å². The fourth-order valence-corrected chi connectivity index (χ4v) is 5.22. The molecule has 2 bridgehead atoms. The van der Waals surface area contributed by atoms with Gasteiger partial charge >= 0.3 is 0 Å². The van der Waals surface area contributed by atoms with Gasteiger partial charge in [0.2, 0.25) is 0 Å². The standard InChI is InChI=1S/C17H16O3S/c1-21(18,19)17-15-10-11-6-2-3-7-12(11)16(17)13-8-4-5-9-14(13)20-15/h2-9,15-17H,10H2,1H3/t15-,16-,17-/m1/s1. The largest absolute Gasteiger partial charge is 0.488 e. The third-order valence-electron chi connectivity index (χ3n) is 4.53. The van der Waals surface area contributed by atoms with E-state index in [0.717, 1.165) is 16.9 Å². The summed E-state index contributed by atoms with van der Waals surface area (Å²) in [5.41, 5.74) is 3.30. The van der Waals surface area contributed by atoms with Crippen LogP contribution in [-0.2, 0) is 16.3 Å². The molecule has 2 aromatic rings. The van der Waals surface area contributed by atoms with Crippen LogP contribution in [0.1, 0.15) is 22.6 Å². The average molecular weight is 300 g/mol. The zero-order chi connectivity index (χ0) is 14.6. The average Bonchev–Trinajstić information content (AvgIpc) is 2.45. The van der Waals surface area contributed by atoms with Crippen molar-refractivity contribution in [2.75, 3.05) is 6.26 Å². The Morgan fingerprint density at radius 3 is 2.43 bits per heavy atom. The second-order valence-corrected chi connectivity index (χ2v) is 8.07. The van der Waals surface area contributed by atoms with Gasteiger partial charge in [0.15, 0.2) is 9.84 Å². The van der Waals surface area contributed by atoms with E-state index in [4.69, 9.17) is 4.74 Å². The van der Waals surface area contributed by atoms with Crippen molar-refractivity contribution in [1.29, 1.82) is 0 Å². The highest BCUT2D eigenvalue weighted by Gasteiger charge is 2.48. The second kappa shape index (κ2) is 4.34. The minimum absolute atomic E-state index is 0.125. The van der Waals surface area contributed by atoms with Gasteiger partial charge in [-0.25, -0.2) is 8.42 Å². The smallest absolute Gasteiger partial charge is 0.154 e. The molecular weight excluding hydrogens is 284 g/mol. The number of hydrogen-bond acceptors (Lipinski definition) is 3. The van der Waals surface area contributed by atoms with E-state index >= 15 is 0 Å². The Balaban J connectivity index is 2.01. The van der Waals surface area contributed by atoms with Crippen molar-refractivity contribution in [1.82, 2.24) is 0 Å². The first-order chi connectivity index (χ1) is 10.1. The van der Waals surface area contributed by atoms with Gasteiger partial charge < -0.3 is 4.74 Å². The molecule has 21 heavy (non-hydrogen) atoms. The maximum Gasteiger partial charge on any atom is 0.154 e. The zero-order valence-electron chi connectivity index (χ0n) is 11.7. The topological polar surface area (TPSA) is 43.4 Å². The van der Waals surface area contributed by atoms with E-state index in [1.807, 2.05) is 36.4 Å². The molecule has 4 heteroatoms. The van der Waals surface area contributed by atoms with Crippen LogP contribution in [0.25, 0.3) is 0 Å². The van der Waals surface area contributed by atoms with Crippen LogP contribution in [0.3, 0.4) is 0 Å². The van der Waals surface area contributed by atoms with Crippen LogP contribution in [0.5, 0.6) is 5.75 Å². The minimum atomic E-state index is -3.20. The lowest BCUT2D eigenvalue weighted by atomic mass is 9.75. The summed E-state index contributed by atoms with van der Waals surface area (Å²) in [6.45, 7) is 0. The molecule has 2 aliphatic rings. The SMILES string of the molecule is CS(=O)(=O)[C@H]1[C@@H]2c3ccccc3C[C@H]1Oc1ccccc12. The summed E-state index contributed by atoms with van der Waals surface area (Å²) in [6, 6.07) is 15.9. The lowest BCUT2D eigenvalue weighted by Gasteiger charge is -2.43. The molecule has 4 rings (SSSR count). The first-order valence-electron chi connectivity index (χ1n) is 7.08. The highest BCUT2D eigenvalue weighted by atomic mass is 32.2. The van der Waals surface area contributed by atoms with Crippen molar-refractivity contribution in [2.24, 2.45) is 0 Å². The minimum Gasteiger partial charge on any atom is -0.488 e. The molecule has 0 saturated carbocycles. The molecule has 0 N–H and O–H groups in total. The number of sulfone groups is 1. The zero-order valence-corrected chi connectivity index (χ0v) is 12.5. The highest BCUT2D eigenvalue weighted by Crippen LogP contribution is 2.47. The molecule has 0 saturated heterocycles. The summed E-state index contributed by atoms with van der Waals surface area (Å²) in [4.78, 5) is 0. The van der Waals surface area contributed by atoms with Crippen LogP contribution in [0.15, 0.2) is 48.5 Å². The van der Waals surface area contributed by atoms with E-state index in [2.05, 4.69) is 12.1 Å². The molecule has 1 aliphatic heterocycles. The molecule has 3 atom stereocenters. The summed E-state index contributed by atoms with van der Waals surface area (Å²) in [6.07, 6.45) is 1.68. The predicted molar refractivity (Wildman–Crippen MR) is 81.5 cm³/mol. The molecular formula is C17H16O3S. The fourth-order valence-electron chi connectivity index (χ4n) is 3.73. The third-order valence-corrected chi connectivity index (χ3v) is 6.10. The van der Waals surface area contributed by atoms with Crippen LogP contribution < -0.4 is 4.74 Å². The first kappa shape index (κ1) is 12.9. The second-order valence-electron chi connectivity index (χ2n) is 5.87. The van der Waals surface area contributed by atoms with Crippen molar-refractivity contribution in [3.8, 4) is 5.75 Å². The van der Waals surface area contributed by atoms with Crippen molar-refractivity contribution in [3.05, 3.63) is 65.2 Å². The monoisotopic (exact) mass is 300 g/mol. The van der Waals surface area contributed by atoms with E-state index < -0.39 is 15.1 Å². The van der Waals surface area contributed by atoms with Crippen molar-refractivity contribution >= 4 is 9.84 Å². The maximum atomic E-state index is 12.3. The normalized spacial score (nSPS) is 26.4. The van der Waals surface area contributed by atoms with Gasteiger partial charge in [-0.3, -0.25) is 0 Å². The van der Waals surface area contributed by atoms with E-state index in [0.29, 0.717) is 6.42 Å². The summed E-state index contributed by atoms with van der Waals surface area (Å²) >= 11 is 0. The van der Waals surface area contributed by atoms with E-state index in [-0.39, 0.29) is 12.0 Å². The molecule has 0 fully saturated rings. The van der Waals surface area contributed by atoms with E-state index in [1.165, 1.54) is 11.8 Å². The Hall–Kier alpha value is -1.81. The summed E-state index contributed by atoms with van der Waals surface area (Å²) in [5.74, 6) is 0.696.